The quantitative estimate of drug-likeness (QED) is 0.672. The average Bonchev–Trinajstić information content (AvgIpc) is 2.57. The van der Waals surface area contributed by atoms with E-state index >= 15 is 0 Å². The van der Waals surface area contributed by atoms with Crippen molar-refractivity contribution in [1.29, 1.82) is 0 Å². The molecule has 4 heteroatoms. The molecule has 0 amide bonds. The summed E-state index contributed by atoms with van der Waals surface area (Å²) in [6.45, 7) is 0. The molecule has 0 aliphatic rings. The zero-order chi connectivity index (χ0) is 14.5. The van der Waals surface area contributed by atoms with Crippen molar-refractivity contribution in [1.82, 2.24) is 9.97 Å². The first-order chi connectivity index (χ1) is 10.3. The number of aromatic nitrogens is 2. The predicted molar refractivity (Wildman–Crippen MR) is 84.6 cm³/mol. The van der Waals surface area contributed by atoms with Gasteiger partial charge in [-0.1, -0.05) is 30.3 Å². The Hall–Kier alpha value is -2.33. The molecule has 0 N–H and O–H groups in total. The number of hydrogen-bond acceptors (Lipinski definition) is 4. The van der Waals surface area contributed by atoms with Crippen molar-refractivity contribution < 1.29 is 4.74 Å². The van der Waals surface area contributed by atoms with Crippen LogP contribution in [0.2, 0.25) is 0 Å². The smallest absolute Gasteiger partial charge is 0.192 e. The van der Waals surface area contributed by atoms with E-state index in [1.165, 1.54) is 11.8 Å². The molecule has 0 saturated carbocycles. The van der Waals surface area contributed by atoms with E-state index in [-0.39, 0.29) is 0 Å². The number of nitrogens with zero attached hydrogens (tertiary/aromatic N) is 2. The van der Waals surface area contributed by atoms with Crippen molar-refractivity contribution in [3.63, 3.8) is 0 Å². The van der Waals surface area contributed by atoms with Crippen LogP contribution in [-0.2, 0) is 0 Å². The molecular weight excluding hydrogens is 280 g/mol. The van der Waals surface area contributed by atoms with Gasteiger partial charge < -0.3 is 4.74 Å². The fourth-order valence-corrected chi connectivity index (χ4v) is 2.65. The number of methoxy groups -OCH3 is 1. The van der Waals surface area contributed by atoms with Crippen LogP contribution in [0.4, 0.5) is 0 Å². The molecule has 1 heterocycles. The molecule has 0 aliphatic carbocycles. The zero-order valence-electron chi connectivity index (χ0n) is 11.6. The lowest BCUT2D eigenvalue weighted by molar-refractivity contribution is 0.414. The molecule has 0 radical (unpaired) electrons. The summed E-state index contributed by atoms with van der Waals surface area (Å²) in [5.41, 5.74) is 2.03. The van der Waals surface area contributed by atoms with Crippen molar-refractivity contribution in [2.24, 2.45) is 0 Å². The average molecular weight is 294 g/mol. The third kappa shape index (κ3) is 3.41. The Kier molecular flexibility index (Phi) is 4.17. The van der Waals surface area contributed by atoms with Crippen LogP contribution in [0.5, 0.6) is 5.75 Å². The van der Waals surface area contributed by atoms with Gasteiger partial charge in [0.05, 0.1) is 12.8 Å². The van der Waals surface area contributed by atoms with Gasteiger partial charge in [0.15, 0.2) is 5.16 Å². The first-order valence-electron chi connectivity index (χ1n) is 6.55. The van der Waals surface area contributed by atoms with Crippen LogP contribution in [0.3, 0.4) is 0 Å². The third-order valence-electron chi connectivity index (χ3n) is 2.97. The van der Waals surface area contributed by atoms with Crippen LogP contribution in [0.15, 0.2) is 76.9 Å². The van der Waals surface area contributed by atoms with Crippen LogP contribution >= 0.6 is 11.8 Å². The molecule has 0 unspecified atom stereocenters. The van der Waals surface area contributed by atoms with E-state index in [1.54, 1.807) is 13.3 Å². The lowest BCUT2D eigenvalue weighted by Crippen LogP contribution is -1.89. The highest BCUT2D eigenvalue weighted by Gasteiger charge is 2.04. The van der Waals surface area contributed by atoms with Crippen LogP contribution in [-0.4, -0.2) is 17.1 Å². The maximum atomic E-state index is 5.16. The van der Waals surface area contributed by atoms with E-state index in [9.17, 15) is 0 Å². The third-order valence-corrected chi connectivity index (χ3v) is 3.86. The summed E-state index contributed by atoms with van der Waals surface area (Å²) >= 11 is 1.54. The molecule has 0 bridgehead atoms. The summed E-state index contributed by atoms with van der Waals surface area (Å²) in [4.78, 5) is 10.0. The Morgan fingerprint density at radius 1 is 0.905 bits per heavy atom. The molecule has 0 atom stereocenters. The van der Waals surface area contributed by atoms with Crippen molar-refractivity contribution in [3.8, 4) is 17.0 Å². The van der Waals surface area contributed by atoms with Crippen LogP contribution in [0.25, 0.3) is 11.3 Å². The van der Waals surface area contributed by atoms with Crippen molar-refractivity contribution in [2.75, 3.05) is 7.11 Å². The Bertz CT molecular complexity index is 714. The van der Waals surface area contributed by atoms with Gasteiger partial charge in [0.1, 0.15) is 5.75 Å². The summed E-state index contributed by atoms with van der Waals surface area (Å²) in [5.74, 6) is 0.846. The molecule has 1 aromatic heterocycles. The summed E-state index contributed by atoms with van der Waals surface area (Å²) in [6.07, 6.45) is 1.79. The molecule has 21 heavy (non-hydrogen) atoms. The van der Waals surface area contributed by atoms with E-state index in [4.69, 9.17) is 4.74 Å². The molecule has 104 valence electrons. The van der Waals surface area contributed by atoms with E-state index in [2.05, 4.69) is 9.97 Å². The van der Waals surface area contributed by atoms with E-state index in [0.29, 0.717) is 0 Å². The standard InChI is InChI=1S/C17H14N2OS/c1-20-14-7-9-15(10-8-14)21-17-18-12-11-16(19-17)13-5-3-2-4-6-13/h2-12H,1H3. The number of hydrogen-bond donors (Lipinski definition) is 0. The van der Waals surface area contributed by atoms with Gasteiger partial charge in [-0.3, -0.25) is 0 Å². The van der Waals surface area contributed by atoms with Crippen LogP contribution in [0.1, 0.15) is 0 Å². The first kappa shape index (κ1) is 13.6. The normalized spacial score (nSPS) is 10.3. The fourth-order valence-electron chi connectivity index (χ4n) is 1.91. The van der Waals surface area contributed by atoms with Crippen LogP contribution in [0, 0.1) is 0 Å². The monoisotopic (exact) mass is 294 g/mol. The van der Waals surface area contributed by atoms with E-state index < -0.39 is 0 Å². The maximum Gasteiger partial charge on any atom is 0.192 e. The molecule has 2 aromatic carbocycles. The Morgan fingerprint density at radius 2 is 1.67 bits per heavy atom. The van der Waals surface area contributed by atoms with Gasteiger partial charge in [-0.2, -0.15) is 0 Å². The van der Waals surface area contributed by atoms with E-state index in [0.717, 1.165) is 27.1 Å². The highest BCUT2D eigenvalue weighted by molar-refractivity contribution is 7.99. The first-order valence-corrected chi connectivity index (χ1v) is 7.37. The SMILES string of the molecule is COc1ccc(Sc2nccc(-c3ccccc3)n2)cc1. The lowest BCUT2D eigenvalue weighted by Gasteiger charge is -2.04. The molecule has 0 saturated heterocycles. The largest absolute Gasteiger partial charge is 0.497 e. The highest BCUT2D eigenvalue weighted by Crippen LogP contribution is 2.27. The van der Waals surface area contributed by atoms with Gasteiger partial charge in [0, 0.05) is 16.7 Å². The van der Waals surface area contributed by atoms with Crippen molar-refractivity contribution in [2.45, 2.75) is 10.1 Å². The topological polar surface area (TPSA) is 35.0 Å². The Morgan fingerprint density at radius 3 is 2.38 bits per heavy atom. The lowest BCUT2D eigenvalue weighted by atomic mass is 10.1. The minimum atomic E-state index is 0.738. The number of rotatable bonds is 4. The maximum absolute atomic E-state index is 5.16. The van der Waals surface area contributed by atoms with Gasteiger partial charge in [-0.05, 0) is 42.1 Å². The number of ether oxygens (including phenoxy) is 1. The van der Waals surface area contributed by atoms with E-state index in [1.807, 2.05) is 60.7 Å². The second-order valence-electron chi connectivity index (χ2n) is 4.37. The summed E-state index contributed by atoms with van der Waals surface area (Å²) < 4.78 is 5.16. The molecule has 3 rings (SSSR count). The fraction of sp³-hybridized carbons (Fsp3) is 0.0588. The van der Waals surface area contributed by atoms with Gasteiger partial charge in [0.25, 0.3) is 0 Å². The molecule has 0 aliphatic heterocycles. The summed E-state index contributed by atoms with van der Waals surface area (Å²) in [5, 5.41) is 0.738. The van der Waals surface area contributed by atoms with Crippen LogP contribution < -0.4 is 4.74 Å². The van der Waals surface area contributed by atoms with Gasteiger partial charge >= 0.3 is 0 Å². The minimum absolute atomic E-state index is 0.738. The Balaban J connectivity index is 1.83. The zero-order valence-corrected chi connectivity index (χ0v) is 12.4. The van der Waals surface area contributed by atoms with Gasteiger partial charge in [0.2, 0.25) is 0 Å². The molecule has 0 spiro atoms. The predicted octanol–water partition coefficient (Wildman–Crippen LogP) is 4.30. The van der Waals surface area contributed by atoms with Crippen molar-refractivity contribution >= 4 is 11.8 Å². The molecular formula is C17H14N2OS. The second-order valence-corrected chi connectivity index (χ2v) is 5.41. The molecule has 3 nitrogen and oxygen atoms in total. The summed E-state index contributed by atoms with van der Waals surface area (Å²) in [6, 6.07) is 19.9. The number of benzene rings is 2. The highest BCUT2D eigenvalue weighted by atomic mass is 32.2. The van der Waals surface area contributed by atoms with Crippen molar-refractivity contribution in [3.05, 3.63) is 66.9 Å². The van der Waals surface area contributed by atoms with Gasteiger partial charge in [-0.15, -0.1) is 0 Å². The summed E-state index contributed by atoms with van der Waals surface area (Å²) in [7, 11) is 1.66. The molecule has 3 aromatic rings. The molecule has 0 fully saturated rings. The Labute approximate surface area is 128 Å². The van der Waals surface area contributed by atoms with Gasteiger partial charge in [-0.25, -0.2) is 9.97 Å². The minimum Gasteiger partial charge on any atom is -0.497 e. The second kappa shape index (κ2) is 6.41.